The number of nitrogens with two attached hydrogens (primary N) is 1. The van der Waals surface area contributed by atoms with Crippen molar-refractivity contribution in [3.63, 3.8) is 0 Å². The Morgan fingerprint density at radius 1 is 1.53 bits per heavy atom. The van der Waals surface area contributed by atoms with E-state index in [9.17, 15) is 17.6 Å². The summed E-state index contributed by atoms with van der Waals surface area (Å²) >= 11 is 0. The molecule has 4 nitrogen and oxygen atoms in total. The first-order chi connectivity index (χ1) is 7.83. The number of nitrogens with zero attached hydrogens (tertiary/aromatic N) is 1. The average Bonchev–Trinajstić information content (AvgIpc) is 2.26. The van der Waals surface area contributed by atoms with Gasteiger partial charge in [0, 0.05) is 17.8 Å². The molecule has 0 aliphatic rings. The van der Waals surface area contributed by atoms with E-state index in [1.54, 1.807) is 0 Å². The molecular formula is C9H9F4N3O. The number of nitrogens with one attached hydrogen (secondary N) is 1. The number of rotatable bonds is 5. The van der Waals surface area contributed by atoms with E-state index in [-0.39, 0.29) is 17.3 Å². The third-order valence-electron chi connectivity index (χ3n) is 1.78. The second-order valence-electron chi connectivity index (χ2n) is 3.15. The Hall–Kier alpha value is -1.86. The standard InChI is InChI=1S/C9H9F4N3O/c10-8(11)9(12,13)4-17-6-3-5(7(14)15)1-2-16-6/h1-3,8H,4H2,(H3,14,15). The fourth-order valence-corrected chi connectivity index (χ4v) is 0.889. The molecule has 3 N–H and O–H groups in total. The molecular weight excluding hydrogens is 242 g/mol. The van der Waals surface area contributed by atoms with Crippen molar-refractivity contribution in [2.45, 2.75) is 12.3 Å². The number of aromatic nitrogens is 1. The number of amidine groups is 1. The van der Waals surface area contributed by atoms with Crippen LogP contribution < -0.4 is 10.5 Å². The zero-order valence-corrected chi connectivity index (χ0v) is 8.46. The first-order valence-corrected chi connectivity index (χ1v) is 4.42. The second kappa shape index (κ2) is 4.98. The number of halogens is 4. The number of hydrogen-bond donors (Lipinski definition) is 2. The lowest BCUT2D eigenvalue weighted by molar-refractivity contribution is -0.148. The summed E-state index contributed by atoms with van der Waals surface area (Å²) in [4.78, 5) is 3.53. The maximum atomic E-state index is 12.5. The highest BCUT2D eigenvalue weighted by molar-refractivity contribution is 5.95. The molecule has 0 amide bonds. The number of nitrogen functional groups attached to an aromatic ring is 1. The molecule has 0 aliphatic carbocycles. The number of ether oxygens (including phenoxy) is 1. The van der Waals surface area contributed by atoms with E-state index in [1.807, 2.05) is 0 Å². The van der Waals surface area contributed by atoms with Gasteiger partial charge in [0.2, 0.25) is 5.88 Å². The van der Waals surface area contributed by atoms with E-state index in [0.717, 1.165) is 6.07 Å². The SMILES string of the molecule is N=C(N)c1ccnc(OCC(F)(F)C(F)F)c1. The van der Waals surface area contributed by atoms with Crippen LogP contribution in [0, 0.1) is 5.41 Å². The normalized spacial score (nSPS) is 11.6. The summed E-state index contributed by atoms with van der Waals surface area (Å²) in [7, 11) is 0. The third-order valence-corrected chi connectivity index (χ3v) is 1.78. The van der Waals surface area contributed by atoms with Crippen LogP contribution in [0.15, 0.2) is 18.3 Å². The lowest BCUT2D eigenvalue weighted by Gasteiger charge is -2.15. The Bertz CT molecular complexity index is 411. The Labute approximate surface area is 93.9 Å². The largest absolute Gasteiger partial charge is 0.471 e. The van der Waals surface area contributed by atoms with Crippen molar-refractivity contribution in [1.29, 1.82) is 5.41 Å². The zero-order chi connectivity index (χ0) is 13.1. The van der Waals surface area contributed by atoms with E-state index in [4.69, 9.17) is 11.1 Å². The first-order valence-electron chi connectivity index (χ1n) is 4.42. The van der Waals surface area contributed by atoms with Gasteiger partial charge in [-0.15, -0.1) is 0 Å². The van der Waals surface area contributed by atoms with Crippen LogP contribution in [-0.4, -0.2) is 29.8 Å². The molecule has 1 rings (SSSR count). The molecule has 0 radical (unpaired) electrons. The van der Waals surface area contributed by atoms with Crippen molar-refractivity contribution in [3.05, 3.63) is 23.9 Å². The van der Waals surface area contributed by atoms with Crippen LogP contribution in [0.25, 0.3) is 0 Å². The van der Waals surface area contributed by atoms with Gasteiger partial charge in [-0.3, -0.25) is 5.41 Å². The second-order valence-corrected chi connectivity index (χ2v) is 3.15. The first kappa shape index (κ1) is 13.2. The molecule has 1 aromatic heterocycles. The quantitative estimate of drug-likeness (QED) is 0.474. The van der Waals surface area contributed by atoms with Gasteiger partial charge in [0.15, 0.2) is 6.61 Å². The molecule has 0 aromatic carbocycles. The molecule has 0 spiro atoms. The summed E-state index contributed by atoms with van der Waals surface area (Å²) in [6, 6.07) is 2.48. The van der Waals surface area contributed by atoms with Crippen LogP contribution in [-0.2, 0) is 0 Å². The van der Waals surface area contributed by atoms with Crippen molar-refractivity contribution >= 4 is 5.84 Å². The van der Waals surface area contributed by atoms with Crippen molar-refractivity contribution in [1.82, 2.24) is 4.98 Å². The fraction of sp³-hybridized carbons (Fsp3) is 0.333. The molecule has 17 heavy (non-hydrogen) atoms. The lowest BCUT2D eigenvalue weighted by Crippen LogP contribution is -2.33. The maximum Gasteiger partial charge on any atom is 0.340 e. The summed E-state index contributed by atoms with van der Waals surface area (Å²) in [6.45, 7) is -1.49. The highest BCUT2D eigenvalue weighted by Crippen LogP contribution is 2.23. The lowest BCUT2D eigenvalue weighted by atomic mass is 10.2. The predicted molar refractivity (Wildman–Crippen MR) is 51.7 cm³/mol. The van der Waals surface area contributed by atoms with Gasteiger partial charge in [-0.2, -0.15) is 8.78 Å². The van der Waals surface area contributed by atoms with Crippen LogP contribution in [0.3, 0.4) is 0 Å². The monoisotopic (exact) mass is 251 g/mol. The topological polar surface area (TPSA) is 72.0 Å². The van der Waals surface area contributed by atoms with Gasteiger partial charge in [-0.1, -0.05) is 0 Å². The van der Waals surface area contributed by atoms with E-state index in [0.29, 0.717) is 0 Å². The fourth-order valence-electron chi connectivity index (χ4n) is 0.889. The Morgan fingerprint density at radius 2 is 2.18 bits per heavy atom. The van der Waals surface area contributed by atoms with Crippen molar-refractivity contribution < 1.29 is 22.3 Å². The van der Waals surface area contributed by atoms with Gasteiger partial charge in [0.25, 0.3) is 0 Å². The highest BCUT2D eigenvalue weighted by Gasteiger charge is 2.41. The molecule has 0 unspecified atom stereocenters. The summed E-state index contributed by atoms with van der Waals surface area (Å²) in [5.41, 5.74) is 5.35. The number of pyridine rings is 1. The minimum atomic E-state index is -4.24. The minimum Gasteiger partial charge on any atom is -0.471 e. The van der Waals surface area contributed by atoms with Gasteiger partial charge in [-0.05, 0) is 6.07 Å². The van der Waals surface area contributed by atoms with E-state index >= 15 is 0 Å². The average molecular weight is 251 g/mol. The van der Waals surface area contributed by atoms with Gasteiger partial charge in [0.1, 0.15) is 5.84 Å². The minimum absolute atomic E-state index is 0.204. The van der Waals surface area contributed by atoms with Gasteiger partial charge >= 0.3 is 12.3 Å². The van der Waals surface area contributed by atoms with Gasteiger partial charge in [-0.25, -0.2) is 13.8 Å². The molecule has 0 saturated carbocycles. The van der Waals surface area contributed by atoms with E-state index in [2.05, 4.69) is 9.72 Å². The smallest absolute Gasteiger partial charge is 0.340 e. The molecule has 0 fully saturated rings. The Morgan fingerprint density at radius 3 is 2.71 bits per heavy atom. The molecule has 0 saturated heterocycles. The van der Waals surface area contributed by atoms with Crippen LogP contribution in [0.2, 0.25) is 0 Å². The third kappa shape index (κ3) is 3.58. The predicted octanol–water partition coefficient (Wildman–Crippen LogP) is 1.64. The van der Waals surface area contributed by atoms with Crippen LogP contribution in [0.4, 0.5) is 17.6 Å². The molecule has 8 heteroatoms. The van der Waals surface area contributed by atoms with Crippen molar-refractivity contribution in [2.24, 2.45) is 5.73 Å². The van der Waals surface area contributed by atoms with Crippen molar-refractivity contribution in [2.75, 3.05) is 6.61 Å². The van der Waals surface area contributed by atoms with E-state index in [1.165, 1.54) is 12.3 Å². The molecule has 0 bridgehead atoms. The Balaban J connectivity index is 2.70. The zero-order valence-electron chi connectivity index (χ0n) is 8.46. The molecule has 0 aliphatic heterocycles. The molecule has 1 aromatic rings. The number of alkyl halides is 4. The summed E-state index contributed by atoms with van der Waals surface area (Å²) < 4.78 is 53.1. The Kier molecular flexibility index (Phi) is 3.87. The summed E-state index contributed by atoms with van der Waals surface area (Å²) in [5.74, 6) is -4.84. The maximum absolute atomic E-state index is 12.5. The molecule has 94 valence electrons. The summed E-state index contributed by atoms with van der Waals surface area (Å²) in [5, 5.41) is 7.08. The van der Waals surface area contributed by atoms with Crippen molar-refractivity contribution in [3.8, 4) is 5.88 Å². The van der Waals surface area contributed by atoms with Crippen LogP contribution in [0.1, 0.15) is 5.56 Å². The van der Waals surface area contributed by atoms with E-state index < -0.39 is 19.0 Å². The van der Waals surface area contributed by atoms with Crippen LogP contribution >= 0.6 is 0 Å². The molecule has 1 heterocycles. The van der Waals surface area contributed by atoms with Gasteiger partial charge in [0.05, 0.1) is 0 Å². The number of hydrogen-bond acceptors (Lipinski definition) is 3. The summed E-state index contributed by atoms with van der Waals surface area (Å²) in [6.07, 6.45) is -2.63. The van der Waals surface area contributed by atoms with Gasteiger partial charge < -0.3 is 10.5 Å². The van der Waals surface area contributed by atoms with Crippen LogP contribution in [0.5, 0.6) is 5.88 Å². The highest BCUT2D eigenvalue weighted by atomic mass is 19.3. The molecule has 0 atom stereocenters.